The Balaban J connectivity index is 2.19. The zero-order chi connectivity index (χ0) is 14.5. The number of nitrogens with two attached hydrogens (primary N) is 1. The molecule has 2 aromatic rings. The van der Waals surface area contributed by atoms with Gasteiger partial charge in [0.25, 0.3) is 0 Å². The van der Waals surface area contributed by atoms with Gasteiger partial charge in [-0.25, -0.2) is 0 Å². The summed E-state index contributed by atoms with van der Waals surface area (Å²) in [5.41, 5.74) is 7.50. The van der Waals surface area contributed by atoms with Crippen LogP contribution in [0.3, 0.4) is 0 Å². The molecular weight excluding hydrogens is 322 g/mol. The highest BCUT2D eigenvalue weighted by Crippen LogP contribution is 2.37. The fourth-order valence-corrected chi connectivity index (χ4v) is 2.04. The van der Waals surface area contributed by atoms with Gasteiger partial charge in [0, 0.05) is 10.2 Å². The number of nitrogen functional groups attached to an aromatic ring is 1. The second-order valence-corrected chi connectivity index (χ2v) is 4.99. The molecule has 0 aliphatic heterocycles. The number of halogens is 1. The molecule has 106 valence electrons. The fourth-order valence-electron chi connectivity index (χ4n) is 1.80. The number of rotatable bonds is 5. The predicted octanol–water partition coefficient (Wildman–Crippen LogP) is 3.63. The molecule has 0 fully saturated rings. The van der Waals surface area contributed by atoms with Crippen LogP contribution in [0.5, 0.6) is 17.2 Å². The van der Waals surface area contributed by atoms with Gasteiger partial charge in [0.1, 0.15) is 6.61 Å². The van der Waals surface area contributed by atoms with Crippen molar-refractivity contribution in [3.05, 3.63) is 46.4 Å². The quantitative estimate of drug-likeness (QED) is 0.846. The number of anilines is 1. The third-order valence-corrected chi connectivity index (χ3v) is 3.55. The van der Waals surface area contributed by atoms with Crippen molar-refractivity contribution >= 4 is 21.6 Å². The highest BCUT2D eigenvalue weighted by Gasteiger charge is 2.11. The van der Waals surface area contributed by atoms with Crippen molar-refractivity contribution in [3.63, 3.8) is 0 Å². The molecule has 0 heterocycles. The van der Waals surface area contributed by atoms with E-state index in [0.717, 1.165) is 10.0 Å². The summed E-state index contributed by atoms with van der Waals surface area (Å²) in [6, 6.07) is 11.2. The van der Waals surface area contributed by atoms with Gasteiger partial charge in [0.05, 0.1) is 14.2 Å². The summed E-state index contributed by atoms with van der Waals surface area (Å²) in [5, 5.41) is 0. The summed E-state index contributed by atoms with van der Waals surface area (Å²) in [6.07, 6.45) is 0. The van der Waals surface area contributed by atoms with Crippen LogP contribution >= 0.6 is 15.9 Å². The molecule has 0 spiro atoms. The summed E-state index contributed by atoms with van der Waals surface area (Å²) in [7, 11) is 3.19. The Morgan fingerprint density at radius 3 is 2.25 bits per heavy atom. The SMILES string of the molecule is COc1cccc(OC)c1OCc1ccc(Br)c(N)c1. The van der Waals surface area contributed by atoms with E-state index in [0.29, 0.717) is 29.5 Å². The number of benzene rings is 2. The van der Waals surface area contributed by atoms with Gasteiger partial charge in [-0.1, -0.05) is 12.1 Å². The molecule has 0 radical (unpaired) electrons. The molecule has 5 heteroatoms. The van der Waals surface area contributed by atoms with Gasteiger partial charge in [0.2, 0.25) is 5.75 Å². The Morgan fingerprint density at radius 1 is 1.05 bits per heavy atom. The lowest BCUT2D eigenvalue weighted by molar-refractivity contribution is 0.266. The normalized spacial score (nSPS) is 10.2. The lowest BCUT2D eigenvalue weighted by Crippen LogP contribution is -2.00. The highest BCUT2D eigenvalue weighted by molar-refractivity contribution is 9.10. The molecule has 20 heavy (non-hydrogen) atoms. The van der Waals surface area contributed by atoms with Crippen molar-refractivity contribution in [1.82, 2.24) is 0 Å². The number of methoxy groups -OCH3 is 2. The monoisotopic (exact) mass is 337 g/mol. The molecular formula is C15H16BrNO3. The van der Waals surface area contributed by atoms with Crippen LogP contribution in [0.15, 0.2) is 40.9 Å². The molecule has 2 aromatic carbocycles. The molecule has 0 aliphatic carbocycles. The van der Waals surface area contributed by atoms with Crippen molar-refractivity contribution in [2.75, 3.05) is 20.0 Å². The molecule has 0 unspecified atom stereocenters. The first kappa shape index (κ1) is 14.5. The van der Waals surface area contributed by atoms with E-state index in [1.54, 1.807) is 14.2 Å². The minimum absolute atomic E-state index is 0.383. The largest absolute Gasteiger partial charge is 0.493 e. The minimum Gasteiger partial charge on any atom is -0.493 e. The average Bonchev–Trinajstić information content (AvgIpc) is 2.48. The molecule has 2 rings (SSSR count). The molecule has 0 amide bonds. The third kappa shape index (κ3) is 3.17. The Kier molecular flexibility index (Phi) is 4.74. The molecule has 0 saturated heterocycles. The Hall–Kier alpha value is -1.88. The Morgan fingerprint density at radius 2 is 1.70 bits per heavy atom. The number of para-hydroxylation sites is 1. The summed E-state index contributed by atoms with van der Waals surface area (Å²) in [4.78, 5) is 0. The van der Waals surface area contributed by atoms with Crippen LogP contribution in [-0.4, -0.2) is 14.2 Å². The molecule has 0 saturated carbocycles. The fraction of sp³-hybridized carbons (Fsp3) is 0.200. The van der Waals surface area contributed by atoms with E-state index in [2.05, 4.69) is 15.9 Å². The first-order valence-electron chi connectivity index (χ1n) is 6.03. The van der Waals surface area contributed by atoms with E-state index >= 15 is 0 Å². The van der Waals surface area contributed by atoms with Crippen molar-refractivity contribution in [1.29, 1.82) is 0 Å². The lowest BCUT2D eigenvalue weighted by Gasteiger charge is -2.14. The van der Waals surface area contributed by atoms with Crippen molar-refractivity contribution in [3.8, 4) is 17.2 Å². The molecule has 4 nitrogen and oxygen atoms in total. The first-order valence-corrected chi connectivity index (χ1v) is 6.82. The van der Waals surface area contributed by atoms with Gasteiger partial charge < -0.3 is 19.9 Å². The van der Waals surface area contributed by atoms with Crippen LogP contribution in [-0.2, 0) is 6.61 Å². The first-order chi connectivity index (χ1) is 9.65. The van der Waals surface area contributed by atoms with E-state index in [1.165, 1.54) is 0 Å². The van der Waals surface area contributed by atoms with Crippen molar-refractivity contribution < 1.29 is 14.2 Å². The van der Waals surface area contributed by atoms with Gasteiger partial charge in [-0.3, -0.25) is 0 Å². The van der Waals surface area contributed by atoms with E-state index in [4.69, 9.17) is 19.9 Å². The van der Waals surface area contributed by atoms with Gasteiger partial charge in [0.15, 0.2) is 11.5 Å². The summed E-state index contributed by atoms with van der Waals surface area (Å²) in [5.74, 6) is 1.85. The zero-order valence-electron chi connectivity index (χ0n) is 11.4. The maximum Gasteiger partial charge on any atom is 0.203 e. The maximum absolute atomic E-state index is 5.85. The lowest BCUT2D eigenvalue weighted by atomic mass is 10.2. The van der Waals surface area contributed by atoms with E-state index in [-0.39, 0.29) is 0 Å². The zero-order valence-corrected chi connectivity index (χ0v) is 12.9. The summed E-state index contributed by atoms with van der Waals surface area (Å²) < 4.78 is 17.2. The third-order valence-electron chi connectivity index (χ3n) is 2.83. The standard InChI is InChI=1S/C15H16BrNO3/c1-18-13-4-3-5-14(19-2)15(13)20-9-10-6-7-11(16)12(17)8-10/h3-8H,9,17H2,1-2H3. The van der Waals surface area contributed by atoms with E-state index < -0.39 is 0 Å². The molecule has 0 bridgehead atoms. The van der Waals surface area contributed by atoms with Crippen LogP contribution in [0.2, 0.25) is 0 Å². The Bertz CT molecular complexity index is 579. The van der Waals surface area contributed by atoms with Crippen LogP contribution in [0, 0.1) is 0 Å². The number of ether oxygens (including phenoxy) is 3. The van der Waals surface area contributed by atoms with E-state index in [9.17, 15) is 0 Å². The van der Waals surface area contributed by atoms with E-state index in [1.807, 2.05) is 36.4 Å². The van der Waals surface area contributed by atoms with Crippen molar-refractivity contribution in [2.45, 2.75) is 6.61 Å². The minimum atomic E-state index is 0.383. The number of hydrogen-bond acceptors (Lipinski definition) is 4. The Labute approximate surface area is 126 Å². The van der Waals surface area contributed by atoms with Gasteiger partial charge in [-0.2, -0.15) is 0 Å². The predicted molar refractivity (Wildman–Crippen MR) is 82.4 cm³/mol. The molecule has 0 aliphatic rings. The van der Waals surface area contributed by atoms with Crippen LogP contribution < -0.4 is 19.9 Å². The molecule has 0 aromatic heterocycles. The average molecular weight is 338 g/mol. The second kappa shape index (κ2) is 6.52. The number of hydrogen-bond donors (Lipinski definition) is 1. The second-order valence-electron chi connectivity index (χ2n) is 4.14. The summed E-state index contributed by atoms with van der Waals surface area (Å²) in [6.45, 7) is 0.383. The molecule has 2 N–H and O–H groups in total. The van der Waals surface area contributed by atoms with Crippen LogP contribution in [0.4, 0.5) is 5.69 Å². The summed E-state index contributed by atoms with van der Waals surface area (Å²) >= 11 is 3.37. The van der Waals surface area contributed by atoms with Gasteiger partial charge >= 0.3 is 0 Å². The maximum atomic E-state index is 5.85. The van der Waals surface area contributed by atoms with Crippen LogP contribution in [0.1, 0.15) is 5.56 Å². The van der Waals surface area contributed by atoms with Crippen LogP contribution in [0.25, 0.3) is 0 Å². The topological polar surface area (TPSA) is 53.7 Å². The smallest absolute Gasteiger partial charge is 0.203 e. The molecule has 0 atom stereocenters. The highest BCUT2D eigenvalue weighted by atomic mass is 79.9. The van der Waals surface area contributed by atoms with Gasteiger partial charge in [-0.15, -0.1) is 0 Å². The van der Waals surface area contributed by atoms with Crippen molar-refractivity contribution in [2.24, 2.45) is 0 Å². The van der Waals surface area contributed by atoms with Gasteiger partial charge in [-0.05, 0) is 45.8 Å².